The van der Waals surface area contributed by atoms with Crippen molar-refractivity contribution in [3.05, 3.63) is 66.4 Å². The molecule has 7 heteroatoms. The topological polar surface area (TPSA) is 90.6 Å². The third-order valence-electron chi connectivity index (χ3n) is 7.15. The first kappa shape index (κ1) is 21.9. The average Bonchev–Trinajstić information content (AvgIpc) is 3.40. The van der Waals surface area contributed by atoms with Crippen molar-refractivity contribution in [2.75, 3.05) is 43.5 Å². The number of anilines is 2. The summed E-state index contributed by atoms with van der Waals surface area (Å²) in [6.45, 7) is 4.35. The van der Waals surface area contributed by atoms with Gasteiger partial charge in [0.15, 0.2) is 0 Å². The first-order valence-electron chi connectivity index (χ1n) is 11.8. The van der Waals surface area contributed by atoms with Crippen LogP contribution in [0.15, 0.2) is 60.8 Å². The lowest BCUT2D eigenvalue weighted by molar-refractivity contribution is 0.0211. The van der Waals surface area contributed by atoms with Gasteiger partial charge in [-0.1, -0.05) is 18.2 Å². The molecule has 7 nitrogen and oxygen atoms in total. The van der Waals surface area contributed by atoms with Crippen LogP contribution in [0.5, 0.6) is 0 Å². The number of aliphatic hydroxyl groups excluding tert-OH is 1. The number of aliphatic hydroxyl groups is 1. The lowest BCUT2D eigenvalue weighted by atomic mass is 9.84. The van der Waals surface area contributed by atoms with Crippen molar-refractivity contribution < 1.29 is 9.84 Å². The number of piperidine rings is 1. The number of nitrogens with zero attached hydrogens (tertiary/aromatic N) is 3. The van der Waals surface area contributed by atoms with Gasteiger partial charge in [0, 0.05) is 36.7 Å². The Bertz CT molecular complexity index is 1020. The smallest absolute Gasteiger partial charge is 0.0673 e. The molecule has 2 aromatic carbocycles. The molecule has 4 N–H and O–H groups in total. The van der Waals surface area contributed by atoms with Crippen LogP contribution >= 0.6 is 0 Å². The van der Waals surface area contributed by atoms with Crippen LogP contribution < -0.4 is 10.6 Å². The highest BCUT2D eigenvalue weighted by molar-refractivity contribution is 5.59. The zero-order chi connectivity index (χ0) is 22.6. The van der Waals surface area contributed by atoms with Gasteiger partial charge in [0.25, 0.3) is 0 Å². The van der Waals surface area contributed by atoms with Crippen molar-refractivity contribution in [3.8, 4) is 11.3 Å². The second kappa shape index (κ2) is 9.95. The van der Waals surface area contributed by atoms with E-state index in [9.17, 15) is 5.11 Å². The van der Waals surface area contributed by atoms with Gasteiger partial charge in [-0.3, -0.25) is 10.00 Å². The first-order valence-corrected chi connectivity index (χ1v) is 11.8. The van der Waals surface area contributed by atoms with E-state index in [4.69, 9.17) is 10.5 Å². The molecule has 0 amide bonds. The van der Waals surface area contributed by atoms with Gasteiger partial charge in [-0.15, -0.1) is 0 Å². The van der Waals surface area contributed by atoms with E-state index in [-0.39, 0.29) is 12.6 Å². The van der Waals surface area contributed by atoms with E-state index in [1.807, 2.05) is 18.2 Å². The average molecular weight is 448 g/mol. The number of nitrogens with two attached hydrogens (primary N) is 1. The Morgan fingerprint density at radius 3 is 2.79 bits per heavy atom. The van der Waals surface area contributed by atoms with Crippen LogP contribution in [0.4, 0.5) is 11.4 Å². The fraction of sp³-hybridized carbons (Fsp3) is 0.423. The van der Waals surface area contributed by atoms with E-state index in [1.54, 1.807) is 6.20 Å². The third kappa shape index (κ3) is 4.90. The minimum absolute atomic E-state index is 0.148. The highest BCUT2D eigenvalue weighted by Gasteiger charge is 2.36. The number of aromatic nitrogens is 2. The Morgan fingerprint density at radius 2 is 2.00 bits per heavy atom. The van der Waals surface area contributed by atoms with Crippen molar-refractivity contribution in [2.45, 2.75) is 31.5 Å². The minimum Gasteiger partial charge on any atom is -0.399 e. The molecule has 0 radical (unpaired) electrons. The number of hydrogen-bond donors (Lipinski definition) is 3. The molecule has 3 unspecified atom stereocenters. The van der Waals surface area contributed by atoms with Gasteiger partial charge in [-0.2, -0.15) is 5.10 Å². The Hall–Kier alpha value is -2.87. The molecule has 174 valence electrons. The van der Waals surface area contributed by atoms with Crippen LogP contribution in [0.25, 0.3) is 11.3 Å². The molecule has 5 rings (SSSR count). The highest BCUT2D eigenvalue weighted by atomic mass is 16.5. The molecule has 2 fully saturated rings. The second-order valence-electron chi connectivity index (χ2n) is 9.19. The molecule has 3 aromatic rings. The summed E-state index contributed by atoms with van der Waals surface area (Å²) in [5, 5.41) is 17.4. The molecule has 0 saturated carbocycles. The van der Waals surface area contributed by atoms with Crippen LogP contribution in [0, 0.1) is 5.92 Å². The summed E-state index contributed by atoms with van der Waals surface area (Å²) in [6.07, 6.45) is 3.84. The van der Waals surface area contributed by atoms with Gasteiger partial charge in [0.2, 0.25) is 0 Å². The van der Waals surface area contributed by atoms with E-state index in [2.05, 4.69) is 56.4 Å². The van der Waals surface area contributed by atoms with Gasteiger partial charge in [-0.25, -0.2) is 0 Å². The van der Waals surface area contributed by atoms with Gasteiger partial charge in [0.05, 0.1) is 31.6 Å². The summed E-state index contributed by atoms with van der Waals surface area (Å²) >= 11 is 0. The van der Waals surface area contributed by atoms with E-state index in [0.717, 1.165) is 62.6 Å². The van der Waals surface area contributed by atoms with Crippen molar-refractivity contribution in [1.82, 2.24) is 15.1 Å². The minimum atomic E-state index is 0.148. The monoisotopic (exact) mass is 447 g/mol. The molecule has 3 atom stereocenters. The molecule has 0 aliphatic carbocycles. The zero-order valence-corrected chi connectivity index (χ0v) is 18.9. The first-order chi connectivity index (χ1) is 16.2. The van der Waals surface area contributed by atoms with E-state index >= 15 is 0 Å². The molecular weight excluding hydrogens is 414 g/mol. The molecular formula is C26H33N5O2. The Morgan fingerprint density at radius 1 is 1.12 bits per heavy atom. The molecule has 2 saturated heterocycles. The molecule has 0 spiro atoms. The number of morpholine rings is 1. The molecule has 2 aliphatic heterocycles. The van der Waals surface area contributed by atoms with E-state index in [0.29, 0.717) is 12.0 Å². The number of nitrogens with one attached hydrogen (secondary N) is 1. The summed E-state index contributed by atoms with van der Waals surface area (Å²) in [7, 11) is 0. The number of benzene rings is 2. The maximum absolute atomic E-state index is 10.3. The predicted molar refractivity (Wildman–Crippen MR) is 131 cm³/mol. The number of H-pyrrole nitrogens is 1. The maximum atomic E-state index is 10.3. The van der Waals surface area contributed by atoms with Crippen molar-refractivity contribution >= 4 is 11.4 Å². The van der Waals surface area contributed by atoms with Crippen LogP contribution in [-0.2, 0) is 11.3 Å². The molecule has 0 bridgehead atoms. The van der Waals surface area contributed by atoms with Crippen LogP contribution in [-0.4, -0.2) is 65.2 Å². The normalized spacial score (nSPS) is 24.2. The molecule has 2 aliphatic rings. The molecule has 3 heterocycles. The Labute approximate surface area is 195 Å². The standard InChI is InChI=1S/C26H33N5O2/c27-22-4-6-23(7-5-22)31-12-13-33-18-26(31)21-9-11-30(24(15-21)17-32)16-19-2-1-3-20(14-19)25-8-10-28-29-25/h1-8,10,14,21,24,26,32H,9,11-13,15-18,27H2,(H,28,29). The lowest BCUT2D eigenvalue weighted by Gasteiger charge is -2.47. The third-order valence-corrected chi connectivity index (χ3v) is 7.15. The number of ether oxygens (including phenoxy) is 1. The summed E-state index contributed by atoms with van der Waals surface area (Å²) in [5.74, 6) is 0.479. The van der Waals surface area contributed by atoms with Crippen molar-refractivity contribution in [1.29, 1.82) is 0 Å². The lowest BCUT2D eigenvalue weighted by Crippen LogP contribution is -2.54. The van der Waals surface area contributed by atoms with Crippen LogP contribution in [0.2, 0.25) is 0 Å². The van der Waals surface area contributed by atoms with Gasteiger partial charge in [0.1, 0.15) is 0 Å². The maximum Gasteiger partial charge on any atom is 0.0673 e. The largest absolute Gasteiger partial charge is 0.399 e. The quantitative estimate of drug-likeness (QED) is 0.503. The van der Waals surface area contributed by atoms with Gasteiger partial charge >= 0.3 is 0 Å². The molecule has 1 aromatic heterocycles. The number of likely N-dealkylation sites (tertiary alicyclic amines) is 1. The fourth-order valence-electron chi connectivity index (χ4n) is 5.37. The van der Waals surface area contributed by atoms with Crippen molar-refractivity contribution in [3.63, 3.8) is 0 Å². The second-order valence-corrected chi connectivity index (χ2v) is 9.19. The SMILES string of the molecule is Nc1ccc(N2CCOCC2C2CCN(Cc3cccc(-c4ccn[nH]4)c3)C(CO)C2)cc1. The van der Waals surface area contributed by atoms with Crippen LogP contribution in [0.3, 0.4) is 0 Å². The highest BCUT2D eigenvalue weighted by Crippen LogP contribution is 2.33. The van der Waals surface area contributed by atoms with Crippen molar-refractivity contribution in [2.24, 2.45) is 5.92 Å². The number of hydrogen-bond acceptors (Lipinski definition) is 6. The zero-order valence-electron chi connectivity index (χ0n) is 18.9. The Balaban J connectivity index is 1.27. The summed E-state index contributed by atoms with van der Waals surface area (Å²) in [5.41, 5.74) is 11.3. The molecule has 33 heavy (non-hydrogen) atoms. The van der Waals surface area contributed by atoms with Gasteiger partial charge < -0.3 is 20.5 Å². The number of rotatable bonds is 6. The number of nitrogen functional groups attached to an aromatic ring is 1. The predicted octanol–water partition coefficient (Wildman–Crippen LogP) is 3.14. The summed E-state index contributed by atoms with van der Waals surface area (Å²) in [4.78, 5) is 4.91. The number of aromatic amines is 1. The van der Waals surface area contributed by atoms with Crippen LogP contribution in [0.1, 0.15) is 18.4 Å². The Kier molecular flexibility index (Phi) is 6.62. The fourth-order valence-corrected chi connectivity index (χ4v) is 5.37. The van der Waals surface area contributed by atoms with E-state index < -0.39 is 0 Å². The van der Waals surface area contributed by atoms with E-state index in [1.165, 1.54) is 11.3 Å². The van der Waals surface area contributed by atoms with Gasteiger partial charge in [-0.05, 0) is 72.8 Å². The summed E-state index contributed by atoms with van der Waals surface area (Å²) < 4.78 is 5.90. The summed E-state index contributed by atoms with van der Waals surface area (Å²) in [6, 6.07) is 19.2.